The van der Waals surface area contributed by atoms with E-state index in [9.17, 15) is 9.59 Å². The molecular formula is C23H28N2O2. The molecule has 4 heteroatoms. The van der Waals surface area contributed by atoms with Gasteiger partial charge in [-0.1, -0.05) is 48.0 Å². The molecule has 3 rings (SSSR count). The fourth-order valence-electron chi connectivity index (χ4n) is 3.72. The maximum absolute atomic E-state index is 12.5. The van der Waals surface area contributed by atoms with Crippen LogP contribution in [0.4, 0.5) is 5.69 Å². The van der Waals surface area contributed by atoms with E-state index in [4.69, 9.17) is 0 Å². The Balaban J connectivity index is 1.46. The van der Waals surface area contributed by atoms with Crippen LogP contribution in [-0.4, -0.2) is 11.8 Å². The van der Waals surface area contributed by atoms with Crippen LogP contribution in [0.25, 0.3) is 0 Å². The first-order valence-electron chi connectivity index (χ1n) is 9.72. The van der Waals surface area contributed by atoms with Crippen molar-refractivity contribution in [2.45, 2.75) is 46.1 Å². The summed E-state index contributed by atoms with van der Waals surface area (Å²) in [5, 5.41) is 6.08. The van der Waals surface area contributed by atoms with Crippen LogP contribution in [0.5, 0.6) is 0 Å². The summed E-state index contributed by atoms with van der Waals surface area (Å²) in [5.41, 5.74) is 4.26. The minimum Gasteiger partial charge on any atom is -0.352 e. The third-order valence-corrected chi connectivity index (χ3v) is 5.42. The summed E-state index contributed by atoms with van der Waals surface area (Å²) in [7, 11) is 0. The van der Waals surface area contributed by atoms with Crippen molar-refractivity contribution in [3.63, 3.8) is 0 Å². The molecule has 0 radical (unpaired) electrons. The highest BCUT2D eigenvalue weighted by Crippen LogP contribution is 2.30. The number of nitrogens with one attached hydrogen (secondary N) is 2. The van der Waals surface area contributed by atoms with Crippen molar-refractivity contribution in [3.05, 3.63) is 65.2 Å². The van der Waals surface area contributed by atoms with E-state index in [1.807, 2.05) is 43.3 Å². The van der Waals surface area contributed by atoms with Gasteiger partial charge in [0.05, 0.1) is 0 Å². The second-order valence-electron chi connectivity index (χ2n) is 7.56. The quantitative estimate of drug-likeness (QED) is 0.828. The van der Waals surface area contributed by atoms with E-state index >= 15 is 0 Å². The molecule has 142 valence electrons. The van der Waals surface area contributed by atoms with Gasteiger partial charge in [0.2, 0.25) is 11.8 Å². The molecule has 2 aromatic carbocycles. The van der Waals surface area contributed by atoms with E-state index in [-0.39, 0.29) is 23.7 Å². The predicted molar refractivity (Wildman–Crippen MR) is 108 cm³/mol. The van der Waals surface area contributed by atoms with Crippen LogP contribution >= 0.6 is 0 Å². The molecule has 1 aliphatic carbocycles. The monoisotopic (exact) mass is 364 g/mol. The largest absolute Gasteiger partial charge is 0.352 e. The molecule has 4 nitrogen and oxygen atoms in total. The normalized spacial score (nSPS) is 19.3. The maximum Gasteiger partial charge on any atom is 0.227 e. The predicted octanol–water partition coefficient (Wildman–Crippen LogP) is 4.36. The Kier molecular flexibility index (Phi) is 6.28. The number of rotatable bonds is 5. The van der Waals surface area contributed by atoms with Crippen LogP contribution in [0.2, 0.25) is 0 Å². The van der Waals surface area contributed by atoms with E-state index in [0.29, 0.717) is 6.54 Å². The van der Waals surface area contributed by atoms with Gasteiger partial charge in [-0.05, 0) is 56.7 Å². The number of aryl methyl sites for hydroxylation is 2. The average Bonchev–Trinajstić information content (AvgIpc) is 2.68. The van der Waals surface area contributed by atoms with Gasteiger partial charge in [-0.15, -0.1) is 0 Å². The number of amides is 2. The lowest BCUT2D eigenvalue weighted by Gasteiger charge is -2.27. The van der Waals surface area contributed by atoms with Crippen LogP contribution < -0.4 is 10.6 Å². The first-order valence-corrected chi connectivity index (χ1v) is 9.72. The van der Waals surface area contributed by atoms with Crippen molar-refractivity contribution in [1.82, 2.24) is 5.32 Å². The first-order chi connectivity index (χ1) is 13.0. The lowest BCUT2D eigenvalue weighted by atomic mass is 9.81. The lowest BCUT2D eigenvalue weighted by Crippen LogP contribution is -2.35. The SMILES string of the molecule is Cc1cccc(CNC(=O)C2CCC(C(=O)Nc3ccccc3C)CC2)c1. The van der Waals surface area contributed by atoms with Crippen LogP contribution in [0.1, 0.15) is 42.4 Å². The molecule has 2 aromatic rings. The fraction of sp³-hybridized carbons (Fsp3) is 0.391. The molecule has 0 aliphatic heterocycles. The van der Waals surface area contributed by atoms with E-state index in [0.717, 1.165) is 42.5 Å². The Labute approximate surface area is 161 Å². The summed E-state index contributed by atoms with van der Waals surface area (Å²) < 4.78 is 0. The number of hydrogen-bond donors (Lipinski definition) is 2. The Morgan fingerprint density at radius 1 is 0.889 bits per heavy atom. The van der Waals surface area contributed by atoms with Crippen molar-refractivity contribution >= 4 is 17.5 Å². The molecule has 0 heterocycles. The van der Waals surface area contributed by atoms with E-state index in [2.05, 4.69) is 29.7 Å². The highest BCUT2D eigenvalue weighted by molar-refractivity contribution is 5.93. The number of carbonyl (C=O) groups excluding carboxylic acids is 2. The van der Waals surface area contributed by atoms with Gasteiger partial charge in [-0.2, -0.15) is 0 Å². The zero-order valence-electron chi connectivity index (χ0n) is 16.1. The van der Waals surface area contributed by atoms with Gasteiger partial charge in [0, 0.05) is 24.1 Å². The highest BCUT2D eigenvalue weighted by Gasteiger charge is 2.30. The Morgan fingerprint density at radius 3 is 2.22 bits per heavy atom. The summed E-state index contributed by atoms with van der Waals surface area (Å²) in [6.45, 7) is 4.61. The smallest absolute Gasteiger partial charge is 0.227 e. The summed E-state index contributed by atoms with van der Waals surface area (Å²) in [6, 6.07) is 16.0. The van der Waals surface area contributed by atoms with Gasteiger partial charge in [-0.25, -0.2) is 0 Å². The lowest BCUT2D eigenvalue weighted by molar-refractivity contribution is -0.128. The van der Waals surface area contributed by atoms with Crippen molar-refractivity contribution in [3.8, 4) is 0 Å². The van der Waals surface area contributed by atoms with Gasteiger partial charge in [0.25, 0.3) is 0 Å². The zero-order chi connectivity index (χ0) is 19.2. The number of para-hydroxylation sites is 1. The van der Waals surface area contributed by atoms with E-state index in [1.165, 1.54) is 5.56 Å². The van der Waals surface area contributed by atoms with E-state index in [1.54, 1.807) is 0 Å². The van der Waals surface area contributed by atoms with Gasteiger partial charge < -0.3 is 10.6 Å². The van der Waals surface area contributed by atoms with E-state index < -0.39 is 0 Å². The summed E-state index contributed by atoms with van der Waals surface area (Å²) in [5.74, 6) is 0.180. The molecule has 27 heavy (non-hydrogen) atoms. The molecule has 2 amide bonds. The average molecular weight is 364 g/mol. The Bertz CT molecular complexity index is 808. The third kappa shape index (κ3) is 5.19. The molecule has 2 N–H and O–H groups in total. The molecule has 0 saturated heterocycles. The van der Waals surface area contributed by atoms with Gasteiger partial charge in [0.1, 0.15) is 0 Å². The Hall–Kier alpha value is -2.62. The third-order valence-electron chi connectivity index (χ3n) is 5.42. The molecule has 1 saturated carbocycles. The maximum atomic E-state index is 12.5. The summed E-state index contributed by atoms with van der Waals surface area (Å²) >= 11 is 0. The molecule has 0 unspecified atom stereocenters. The molecule has 0 aromatic heterocycles. The van der Waals surface area contributed by atoms with Crippen LogP contribution in [0.15, 0.2) is 48.5 Å². The first kappa shape index (κ1) is 19.2. The number of anilines is 1. The summed E-state index contributed by atoms with van der Waals surface area (Å²) in [4.78, 5) is 25.0. The minimum absolute atomic E-state index is 0.00886. The van der Waals surface area contributed by atoms with Crippen molar-refractivity contribution in [2.75, 3.05) is 5.32 Å². The molecule has 1 fully saturated rings. The van der Waals surface area contributed by atoms with Gasteiger partial charge in [0.15, 0.2) is 0 Å². The number of carbonyl (C=O) groups is 2. The second kappa shape index (κ2) is 8.85. The summed E-state index contributed by atoms with van der Waals surface area (Å²) in [6.07, 6.45) is 3.07. The van der Waals surface area contributed by atoms with Crippen molar-refractivity contribution in [1.29, 1.82) is 0 Å². The Morgan fingerprint density at radius 2 is 1.56 bits per heavy atom. The fourth-order valence-corrected chi connectivity index (χ4v) is 3.72. The van der Waals surface area contributed by atoms with Gasteiger partial charge >= 0.3 is 0 Å². The molecule has 1 aliphatic rings. The van der Waals surface area contributed by atoms with Crippen LogP contribution in [0, 0.1) is 25.7 Å². The molecule has 0 spiro atoms. The standard InChI is InChI=1S/C23H28N2O2/c1-16-6-5-8-18(14-16)15-24-22(26)19-10-12-20(13-11-19)23(27)25-21-9-4-3-7-17(21)2/h3-9,14,19-20H,10-13,15H2,1-2H3,(H,24,26)(H,25,27). The molecule has 0 bridgehead atoms. The highest BCUT2D eigenvalue weighted by atomic mass is 16.2. The number of hydrogen-bond acceptors (Lipinski definition) is 2. The van der Waals surface area contributed by atoms with Crippen molar-refractivity contribution < 1.29 is 9.59 Å². The molecule has 0 atom stereocenters. The zero-order valence-corrected chi connectivity index (χ0v) is 16.1. The van der Waals surface area contributed by atoms with Crippen molar-refractivity contribution in [2.24, 2.45) is 11.8 Å². The van der Waals surface area contributed by atoms with Gasteiger partial charge in [-0.3, -0.25) is 9.59 Å². The topological polar surface area (TPSA) is 58.2 Å². The van der Waals surface area contributed by atoms with Crippen LogP contribution in [0.3, 0.4) is 0 Å². The minimum atomic E-state index is -0.00886. The second-order valence-corrected chi connectivity index (χ2v) is 7.56. The van der Waals surface area contributed by atoms with Crippen LogP contribution in [-0.2, 0) is 16.1 Å². The molecular weight excluding hydrogens is 336 g/mol. The number of benzene rings is 2.